The van der Waals surface area contributed by atoms with Crippen LogP contribution in [0.2, 0.25) is 0 Å². The molecular formula is C17H23NO5. The van der Waals surface area contributed by atoms with Gasteiger partial charge in [-0.1, -0.05) is 0 Å². The van der Waals surface area contributed by atoms with E-state index in [1.807, 2.05) is 0 Å². The van der Waals surface area contributed by atoms with E-state index in [1.54, 1.807) is 39.2 Å². The molecule has 126 valence electrons. The highest BCUT2D eigenvalue weighted by Gasteiger charge is 2.43. The third-order valence-corrected chi connectivity index (χ3v) is 3.60. The van der Waals surface area contributed by atoms with Gasteiger partial charge in [0.15, 0.2) is 0 Å². The molecule has 0 saturated heterocycles. The SMILES string of the molecule is CCOC(=O)C(c1c(C(C)(C)O)oc2ccncc12)C(C)(C)O. The van der Waals surface area contributed by atoms with Crippen LogP contribution in [0.4, 0.5) is 0 Å². The molecule has 2 rings (SSSR count). The maximum atomic E-state index is 12.5. The van der Waals surface area contributed by atoms with E-state index in [0.29, 0.717) is 16.5 Å². The summed E-state index contributed by atoms with van der Waals surface area (Å²) in [5.74, 6) is -1.35. The van der Waals surface area contributed by atoms with Crippen LogP contribution in [0.3, 0.4) is 0 Å². The van der Waals surface area contributed by atoms with Crippen molar-refractivity contribution in [2.75, 3.05) is 6.61 Å². The van der Waals surface area contributed by atoms with Crippen molar-refractivity contribution in [1.82, 2.24) is 4.98 Å². The lowest BCUT2D eigenvalue weighted by molar-refractivity contribution is -0.150. The molecule has 2 aromatic heterocycles. The third-order valence-electron chi connectivity index (χ3n) is 3.60. The number of esters is 1. The Bertz CT molecular complexity index is 706. The molecule has 0 aliphatic rings. The van der Waals surface area contributed by atoms with Gasteiger partial charge < -0.3 is 19.4 Å². The molecule has 0 aromatic carbocycles. The fraction of sp³-hybridized carbons (Fsp3) is 0.529. The average Bonchev–Trinajstić information content (AvgIpc) is 2.77. The van der Waals surface area contributed by atoms with Crippen molar-refractivity contribution in [2.24, 2.45) is 0 Å². The van der Waals surface area contributed by atoms with Crippen LogP contribution in [0.25, 0.3) is 11.0 Å². The quantitative estimate of drug-likeness (QED) is 0.822. The number of furan rings is 1. The van der Waals surface area contributed by atoms with Gasteiger partial charge in [0, 0.05) is 23.3 Å². The maximum Gasteiger partial charge on any atom is 0.316 e. The highest BCUT2D eigenvalue weighted by Crippen LogP contribution is 2.42. The molecule has 23 heavy (non-hydrogen) atoms. The Morgan fingerprint density at radius 1 is 1.35 bits per heavy atom. The zero-order valence-electron chi connectivity index (χ0n) is 14.1. The summed E-state index contributed by atoms with van der Waals surface area (Å²) in [5.41, 5.74) is -1.83. The summed E-state index contributed by atoms with van der Waals surface area (Å²) in [4.78, 5) is 16.5. The second-order valence-electron chi connectivity index (χ2n) is 6.61. The van der Waals surface area contributed by atoms with E-state index in [4.69, 9.17) is 9.15 Å². The van der Waals surface area contributed by atoms with Gasteiger partial charge in [0.25, 0.3) is 0 Å². The maximum absolute atomic E-state index is 12.5. The minimum atomic E-state index is -1.40. The van der Waals surface area contributed by atoms with Crippen molar-refractivity contribution in [3.8, 4) is 0 Å². The van der Waals surface area contributed by atoms with Crippen molar-refractivity contribution in [3.63, 3.8) is 0 Å². The fourth-order valence-electron chi connectivity index (χ4n) is 2.69. The van der Waals surface area contributed by atoms with E-state index in [-0.39, 0.29) is 12.4 Å². The molecule has 0 spiro atoms. The number of carbonyl (C=O) groups excluding carboxylic acids is 1. The van der Waals surface area contributed by atoms with Crippen LogP contribution in [0, 0.1) is 0 Å². The smallest absolute Gasteiger partial charge is 0.316 e. The molecule has 0 amide bonds. The summed E-state index contributed by atoms with van der Waals surface area (Å²) < 4.78 is 10.9. The summed E-state index contributed by atoms with van der Waals surface area (Å²) >= 11 is 0. The van der Waals surface area contributed by atoms with E-state index in [2.05, 4.69) is 4.98 Å². The van der Waals surface area contributed by atoms with Crippen molar-refractivity contribution >= 4 is 16.9 Å². The molecule has 0 saturated carbocycles. The van der Waals surface area contributed by atoms with Gasteiger partial charge in [-0.15, -0.1) is 0 Å². The first kappa shape index (κ1) is 17.4. The van der Waals surface area contributed by atoms with Crippen LogP contribution >= 0.6 is 0 Å². The molecule has 0 bridgehead atoms. The van der Waals surface area contributed by atoms with Crippen LogP contribution in [-0.2, 0) is 15.1 Å². The van der Waals surface area contributed by atoms with Crippen molar-refractivity contribution < 1.29 is 24.2 Å². The molecule has 1 unspecified atom stereocenters. The van der Waals surface area contributed by atoms with Gasteiger partial charge in [-0.25, -0.2) is 0 Å². The predicted octanol–water partition coefficient (Wildman–Crippen LogP) is 2.47. The summed E-state index contributed by atoms with van der Waals surface area (Å²) in [5, 5.41) is 21.6. The van der Waals surface area contributed by atoms with Gasteiger partial charge in [0.2, 0.25) is 0 Å². The Hall–Kier alpha value is -1.92. The average molecular weight is 321 g/mol. The number of hydrogen-bond acceptors (Lipinski definition) is 6. The highest BCUT2D eigenvalue weighted by atomic mass is 16.5. The lowest BCUT2D eigenvalue weighted by atomic mass is 9.81. The zero-order valence-corrected chi connectivity index (χ0v) is 14.1. The molecule has 2 N–H and O–H groups in total. The number of fused-ring (bicyclic) bond motifs is 1. The molecule has 0 fully saturated rings. The first-order valence-corrected chi connectivity index (χ1v) is 7.55. The van der Waals surface area contributed by atoms with Crippen molar-refractivity contribution in [3.05, 3.63) is 29.8 Å². The van der Waals surface area contributed by atoms with E-state index in [0.717, 1.165) is 0 Å². The number of carbonyl (C=O) groups is 1. The molecule has 0 aliphatic heterocycles. The van der Waals surface area contributed by atoms with Gasteiger partial charge in [0.05, 0.1) is 12.2 Å². The molecule has 0 radical (unpaired) electrons. The second-order valence-corrected chi connectivity index (χ2v) is 6.61. The topological polar surface area (TPSA) is 92.8 Å². The zero-order chi connectivity index (χ0) is 17.4. The van der Waals surface area contributed by atoms with Gasteiger partial charge in [0.1, 0.15) is 22.9 Å². The largest absolute Gasteiger partial charge is 0.465 e. The highest BCUT2D eigenvalue weighted by molar-refractivity contribution is 5.90. The minimum Gasteiger partial charge on any atom is -0.465 e. The number of rotatable bonds is 5. The van der Waals surface area contributed by atoms with Crippen LogP contribution < -0.4 is 0 Å². The summed E-state index contributed by atoms with van der Waals surface area (Å²) in [6, 6.07) is 1.65. The molecule has 6 nitrogen and oxygen atoms in total. The van der Waals surface area contributed by atoms with E-state index < -0.39 is 23.1 Å². The van der Waals surface area contributed by atoms with E-state index in [1.165, 1.54) is 13.8 Å². The van der Waals surface area contributed by atoms with E-state index >= 15 is 0 Å². The van der Waals surface area contributed by atoms with Crippen LogP contribution in [0.1, 0.15) is 51.9 Å². The number of aliphatic hydroxyl groups is 2. The van der Waals surface area contributed by atoms with Crippen molar-refractivity contribution in [2.45, 2.75) is 51.7 Å². The number of pyridine rings is 1. The minimum absolute atomic E-state index is 0.192. The summed E-state index contributed by atoms with van der Waals surface area (Å²) in [7, 11) is 0. The Morgan fingerprint density at radius 2 is 2.00 bits per heavy atom. The fourth-order valence-corrected chi connectivity index (χ4v) is 2.69. The molecule has 0 aliphatic carbocycles. The molecule has 2 heterocycles. The number of hydrogen-bond donors (Lipinski definition) is 2. The standard InChI is InChI=1S/C17H23NO5/c1-6-22-15(19)13(16(2,3)20)12-10-9-18-8-7-11(10)23-14(12)17(4,5)21/h7-9,13,20-21H,6H2,1-5H3. The molecule has 2 aromatic rings. The Balaban J connectivity index is 2.78. The Labute approximate surface area is 135 Å². The lowest BCUT2D eigenvalue weighted by Gasteiger charge is -2.29. The summed E-state index contributed by atoms with van der Waals surface area (Å²) in [6.07, 6.45) is 3.12. The van der Waals surface area contributed by atoms with Gasteiger partial charge in [-0.3, -0.25) is 9.78 Å². The van der Waals surface area contributed by atoms with Crippen LogP contribution in [0.5, 0.6) is 0 Å². The van der Waals surface area contributed by atoms with Crippen LogP contribution in [0.15, 0.2) is 22.9 Å². The first-order chi connectivity index (χ1) is 10.6. The second kappa shape index (κ2) is 5.94. The third kappa shape index (κ3) is 3.38. The number of aromatic nitrogens is 1. The van der Waals surface area contributed by atoms with Crippen molar-refractivity contribution in [1.29, 1.82) is 0 Å². The number of nitrogens with zero attached hydrogens (tertiary/aromatic N) is 1. The van der Waals surface area contributed by atoms with Crippen LogP contribution in [-0.4, -0.2) is 33.4 Å². The molecule has 1 atom stereocenters. The molecule has 6 heteroatoms. The Kier molecular flexibility index (Phi) is 4.50. The van der Waals surface area contributed by atoms with Gasteiger partial charge >= 0.3 is 5.97 Å². The van der Waals surface area contributed by atoms with Gasteiger partial charge in [-0.05, 0) is 40.7 Å². The first-order valence-electron chi connectivity index (χ1n) is 7.55. The predicted molar refractivity (Wildman–Crippen MR) is 84.9 cm³/mol. The normalized spacial score (nSPS) is 14.0. The van der Waals surface area contributed by atoms with Gasteiger partial charge in [-0.2, -0.15) is 0 Å². The van der Waals surface area contributed by atoms with E-state index in [9.17, 15) is 15.0 Å². The summed E-state index contributed by atoms with van der Waals surface area (Å²) in [6.45, 7) is 8.07. The molecular weight excluding hydrogens is 298 g/mol. The monoisotopic (exact) mass is 321 g/mol. The Morgan fingerprint density at radius 3 is 2.52 bits per heavy atom. The lowest BCUT2D eigenvalue weighted by Crippen LogP contribution is -2.37. The number of ether oxygens (including phenoxy) is 1.